The van der Waals surface area contributed by atoms with Crippen molar-refractivity contribution in [2.24, 2.45) is 4.99 Å². The maximum absolute atomic E-state index is 13.0. The Morgan fingerprint density at radius 3 is 2.65 bits per heavy atom. The average Bonchev–Trinajstić information content (AvgIpc) is 3.13. The molecule has 0 saturated carbocycles. The largest absolute Gasteiger partial charge is 0.392 e. The van der Waals surface area contributed by atoms with Crippen LogP contribution < -0.4 is 0 Å². The van der Waals surface area contributed by atoms with Crippen LogP contribution in [0.1, 0.15) is 41.1 Å². The van der Waals surface area contributed by atoms with Gasteiger partial charge in [0, 0.05) is 24.8 Å². The van der Waals surface area contributed by atoms with Gasteiger partial charge >= 0.3 is 0 Å². The van der Waals surface area contributed by atoms with Gasteiger partial charge in [-0.1, -0.05) is 24.3 Å². The number of pyridine rings is 1. The zero-order valence-corrected chi connectivity index (χ0v) is 15.2. The van der Waals surface area contributed by atoms with Crippen molar-refractivity contribution < 1.29 is 13.5 Å². The van der Waals surface area contributed by atoms with E-state index in [2.05, 4.69) is 9.98 Å². The van der Waals surface area contributed by atoms with Gasteiger partial charge in [0.25, 0.3) is 10.0 Å². The number of benzene rings is 1. The first-order valence-corrected chi connectivity index (χ1v) is 10.2. The average molecular weight is 371 g/mol. The number of hydrogen-bond donors (Lipinski definition) is 1. The second-order valence-electron chi connectivity index (χ2n) is 6.65. The van der Waals surface area contributed by atoms with Gasteiger partial charge in [0.2, 0.25) is 0 Å². The molecule has 1 aromatic heterocycles. The summed E-state index contributed by atoms with van der Waals surface area (Å²) in [5.41, 5.74) is 3.40. The molecular formula is C19H21N3O3S. The van der Waals surface area contributed by atoms with Crippen molar-refractivity contribution in [2.75, 3.05) is 13.1 Å². The molecule has 0 radical (unpaired) electrons. The molecule has 26 heavy (non-hydrogen) atoms. The van der Waals surface area contributed by atoms with Crippen LogP contribution in [0.2, 0.25) is 0 Å². The lowest BCUT2D eigenvalue weighted by Gasteiger charge is -2.32. The van der Waals surface area contributed by atoms with E-state index in [1.807, 2.05) is 24.3 Å². The van der Waals surface area contributed by atoms with Crippen LogP contribution in [-0.4, -0.2) is 40.9 Å². The fraction of sp³-hybridized carbons (Fsp3) is 0.368. The van der Waals surface area contributed by atoms with E-state index in [-0.39, 0.29) is 17.6 Å². The first-order chi connectivity index (χ1) is 12.6. The van der Waals surface area contributed by atoms with Gasteiger partial charge in [-0.25, -0.2) is 8.42 Å². The van der Waals surface area contributed by atoms with Gasteiger partial charge in [0.05, 0.1) is 18.8 Å². The van der Waals surface area contributed by atoms with Crippen molar-refractivity contribution in [3.8, 4) is 0 Å². The summed E-state index contributed by atoms with van der Waals surface area (Å²) >= 11 is 0. The van der Waals surface area contributed by atoms with Gasteiger partial charge in [-0.15, -0.1) is 0 Å². The van der Waals surface area contributed by atoms with Crippen molar-refractivity contribution in [2.45, 2.75) is 31.9 Å². The van der Waals surface area contributed by atoms with E-state index >= 15 is 0 Å². The minimum Gasteiger partial charge on any atom is -0.392 e. The summed E-state index contributed by atoms with van der Waals surface area (Å²) < 4.78 is 27.6. The van der Waals surface area contributed by atoms with Crippen molar-refractivity contribution in [3.63, 3.8) is 0 Å². The van der Waals surface area contributed by atoms with Crippen molar-refractivity contribution in [1.82, 2.24) is 9.29 Å². The maximum Gasteiger partial charge on any atom is 0.260 e. The Bertz CT molecular complexity index is 948. The van der Waals surface area contributed by atoms with Crippen LogP contribution >= 0.6 is 0 Å². The summed E-state index contributed by atoms with van der Waals surface area (Å²) in [6, 6.07) is 11.4. The molecule has 0 atom stereocenters. The Balaban J connectivity index is 1.52. The molecule has 4 rings (SSSR count). The number of nitrogens with zero attached hydrogens (tertiary/aromatic N) is 3. The molecule has 7 heteroatoms. The molecule has 0 bridgehead atoms. The van der Waals surface area contributed by atoms with E-state index in [1.54, 1.807) is 18.3 Å². The Hall–Kier alpha value is -2.09. The summed E-state index contributed by atoms with van der Waals surface area (Å²) in [4.78, 5) is 8.46. The van der Waals surface area contributed by atoms with Gasteiger partial charge in [0.15, 0.2) is 5.04 Å². The Kier molecular flexibility index (Phi) is 4.60. The number of piperidine rings is 1. The monoisotopic (exact) mass is 371 g/mol. The third-order valence-electron chi connectivity index (χ3n) is 5.20. The first kappa shape index (κ1) is 17.3. The van der Waals surface area contributed by atoms with Gasteiger partial charge in [-0.2, -0.15) is 4.31 Å². The fourth-order valence-corrected chi connectivity index (χ4v) is 5.44. The predicted octanol–water partition coefficient (Wildman–Crippen LogP) is 2.04. The van der Waals surface area contributed by atoms with Gasteiger partial charge in [0.1, 0.15) is 0 Å². The third kappa shape index (κ3) is 2.96. The van der Waals surface area contributed by atoms with Gasteiger partial charge < -0.3 is 5.11 Å². The van der Waals surface area contributed by atoms with Gasteiger partial charge in [-0.05, 0) is 42.0 Å². The molecule has 2 aliphatic rings. The van der Waals surface area contributed by atoms with Crippen LogP contribution in [0.4, 0.5) is 0 Å². The van der Waals surface area contributed by atoms with Crippen LogP contribution in [0.3, 0.4) is 0 Å². The number of sulfonamides is 1. The van der Waals surface area contributed by atoms with E-state index in [0.717, 1.165) is 29.7 Å². The van der Waals surface area contributed by atoms with Crippen LogP contribution in [0, 0.1) is 0 Å². The molecule has 1 aromatic carbocycles. The molecule has 1 saturated heterocycles. The van der Waals surface area contributed by atoms with Crippen LogP contribution in [0.15, 0.2) is 47.6 Å². The minimum absolute atomic E-state index is 0.00920. The highest BCUT2D eigenvalue weighted by molar-refractivity contribution is 8.05. The number of aliphatic hydroxyl groups is 1. The molecule has 6 nitrogen and oxygen atoms in total. The number of aromatic nitrogens is 1. The summed E-state index contributed by atoms with van der Waals surface area (Å²) in [5.74, 6) is 0.268. The van der Waals surface area contributed by atoms with Crippen molar-refractivity contribution in [1.29, 1.82) is 0 Å². The fourth-order valence-electron chi connectivity index (χ4n) is 3.82. The molecule has 136 valence electrons. The van der Waals surface area contributed by atoms with Crippen molar-refractivity contribution >= 4 is 15.1 Å². The first-order valence-electron chi connectivity index (χ1n) is 8.79. The molecule has 1 fully saturated rings. The van der Waals surface area contributed by atoms with Crippen LogP contribution in [0.25, 0.3) is 0 Å². The second kappa shape index (κ2) is 6.90. The Morgan fingerprint density at radius 1 is 1.12 bits per heavy atom. The lowest BCUT2D eigenvalue weighted by Crippen LogP contribution is -2.41. The van der Waals surface area contributed by atoms with Crippen molar-refractivity contribution in [3.05, 3.63) is 65.0 Å². The summed E-state index contributed by atoms with van der Waals surface area (Å²) in [6.07, 6.45) is 3.14. The Morgan fingerprint density at radius 2 is 1.88 bits per heavy atom. The van der Waals surface area contributed by atoms with E-state index in [9.17, 15) is 13.5 Å². The normalized spacial score (nSPS) is 18.6. The highest BCUT2D eigenvalue weighted by atomic mass is 32.2. The smallest absolute Gasteiger partial charge is 0.260 e. The molecule has 2 aromatic rings. The Labute approximate surface area is 153 Å². The third-order valence-corrected chi connectivity index (χ3v) is 7.08. The van der Waals surface area contributed by atoms with E-state index < -0.39 is 10.0 Å². The molecule has 1 N–H and O–H groups in total. The highest BCUT2D eigenvalue weighted by Crippen LogP contribution is 2.32. The number of hydrogen-bond acceptors (Lipinski definition) is 5. The predicted molar refractivity (Wildman–Crippen MR) is 99.3 cm³/mol. The second-order valence-corrected chi connectivity index (χ2v) is 8.51. The SMILES string of the molecule is O=S(=O)(C1=NCc2ncccc21)N1CCC(c2ccccc2CO)CC1. The van der Waals surface area contributed by atoms with E-state index in [4.69, 9.17) is 0 Å². The topological polar surface area (TPSA) is 82.9 Å². The van der Waals surface area contributed by atoms with Crippen LogP contribution in [0.5, 0.6) is 0 Å². The zero-order chi connectivity index (χ0) is 18.1. The molecule has 2 aliphatic heterocycles. The molecule has 0 aliphatic carbocycles. The number of fused-ring (bicyclic) bond motifs is 1. The summed E-state index contributed by atoms with van der Waals surface area (Å²) in [6.45, 7) is 1.25. The number of aliphatic hydroxyl groups excluding tert-OH is 1. The summed E-state index contributed by atoms with van der Waals surface area (Å²) in [7, 11) is -3.60. The standard InChI is InChI=1S/C19H21N3O3S/c23-13-15-4-1-2-5-16(15)14-7-10-22(11-8-14)26(24,25)19-17-6-3-9-20-18(17)12-21-19/h1-6,9,14,23H,7-8,10-13H2. The number of aliphatic imine (C=N–C) groups is 1. The van der Waals surface area contributed by atoms with E-state index in [1.165, 1.54) is 4.31 Å². The molecule has 0 amide bonds. The molecule has 0 unspecified atom stereocenters. The number of rotatable bonds is 3. The lowest BCUT2D eigenvalue weighted by atomic mass is 9.87. The summed E-state index contributed by atoms with van der Waals surface area (Å²) in [5, 5.41) is 9.69. The lowest BCUT2D eigenvalue weighted by molar-refractivity contribution is 0.275. The molecule has 3 heterocycles. The molecular weight excluding hydrogens is 350 g/mol. The van der Waals surface area contributed by atoms with Gasteiger partial charge in [-0.3, -0.25) is 9.98 Å². The molecule has 0 spiro atoms. The van der Waals surface area contributed by atoms with E-state index in [0.29, 0.717) is 25.2 Å². The zero-order valence-electron chi connectivity index (χ0n) is 14.4. The quantitative estimate of drug-likeness (QED) is 0.895. The van der Waals surface area contributed by atoms with Crippen LogP contribution in [-0.2, 0) is 23.2 Å². The minimum atomic E-state index is -3.60. The maximum atomic E-state index is 13.0. The highest BCUT2D eigenvalue weighted by Gasteiger charge is 2.36.